The van der Waals surface area contributed by atoms with Crippen molar-refractivity contribution in [3.63, 3.8) is 0 Å². The van der Waals surface area contributed by atoms with Crippen LogP contribution in [0.1, 0.15) is 33.6 Å². The maximum atomic E-state index is 5.71. The minimum Gasteiger partial charge on any atom is -0.490 e. The second kappa shape index (κ2) is 7.82. The molecule has 0 aliphatic heterocycles. The van der Waals surface area contributed by atoms with Gasteiger partial charge >= 0.3 is 0 Å². The molecule has 0 unspecified atom stereocenters. The van der Waals surface area contributed by atoms with Crippen LogP contribution < -0.4 is 14.8 Å². The highest BCUT2D eigenvalue weighted by molar-refractivity contribution is 5.54. The van der Waals surface area contributed by atoms with E-state index in [1.165, 1.54) is 0 Å². The first-order valence-corrected chi connectivity index (χ1v) is 6.45. The van der Waals surface area contributed by atoms with Crippen LogP contribution in [-0.4, -0.2) is 19.8 Å². The van der Waals surface area contributed by atoms with Crippen molar-refractivity contribution in [2.75, 3.05) is 25.1 Å². The minimum atomic E-state index is 0.720. The molecular formula is C14H23NO2. The fourth-order valence-electron chi connectivity index (χ4n) is 1.48. The summed E-state index contributed by atoms with van der Waals surface area (Å²) < 4.78 is 11.4. The van der Waals surface area contributed by atoms with Gasteiger partial charge in [-0.3, -0.25) is 0 Å². The number of hydrogen-bond acceptors (Lipinski definition) is 3. The van der Waals surface area contributed by atoms with Crippen molar-refractivity contribution in [2.45, 2.75) is 33.6 Å². The number of benzene rings is 1. The molecule has 0 spiro atoms. The van der Waals surface area contributed by atoms with Gasteiger partial charge in [-0.05, 0) is 31.9 Å². The van der Waals surface area contributed by atoms with Gasteiger partial charge in [0.05, 0.1) is 13.2 Å². The fraction of sp³-hybridized carbons (Fsp3) is 0.571. The Bertz CT molecular complexity index is 326. The van der Waals surface area contributed by atoms with Gasteiger partial charge < -0.3 is 14.8 Å². The average Bonchev–Trinajstić information content (AvgIpc) is 2.35. The van der Waals surface area contributed by atoms with Gasteiger partial charge in [0.15, 0.2) is 11.5 Å². The molecule has 0 saturated carbocycles. The molecular weight excluding hydrogens is 214 g/mol. The molecule has 0 radical (unpaired) electrons. The van der Waals surface area contributed by atoms with Gasteiger partial charge in [-0.15, -0.1) is 0 Å². The number of ether oxygens (including phenoxy) is 2. The lowest BCUT2D eigenvalue weighted by molar-refractivity contribution is 0.268. The normalized spacial score (nSPS) is 10.1. The Morgan fingerprint density at radius 1 is 0.941 bits per heavy atom. The molecule has 3 nitrogen and oxygen atoms in total. The molecule has 0 amide bonds. The number of anilines is 1. The van der Waals surface area contributed by atoms with Crippen LogP contribution in [0.5, 0.6) is 11.5 Å². The molecule has 0 aliphatic rings. The van der Waals surface area contributed by atoms with E-state index in [0.29, 0.717) is 0 Å². The van der Waals surface area contributed by atoms with E-state index in [-0.39, 0.29) is 0 Å². The second-order valence-corrected chi connectivity index (χ2v) is 3.89. The van der Waals surface area contributed by atoms with Crippen LogP contribution in [-0.2, 0) is 0 Å². The molecule has 0 aromatic heterocycles. The third-order valence-corrected chi connectivity index (χ3v) is 2.25. The monoisotopic (exact) mass is 237 g/mol. The second-order valence-electron chi connectivity index (χ2n) is 3.89. The molecule has 1 N–H and O–H groups in total. The van der Waals surface area contributed by atoms with E-state index >= 15 is 0 Å². The zero-order valence-corrected chi connectivity index (χ0v) is 11.1. The van der Waals surface area contributed by atoms with E-state index in [9.17, 15) is 0 Å². The first-order valence-electron chi connectivity index (χ1n) is 6.45. The first-order chi connectivity index (χ1) is 8.31. The zero-order chi connectivity index (χ0) is 12.5. The van der Waals surface area contributed by atoms with Gasteiger partial charge in [0.25, 0.3) is 0 Å². The molecule has 0 bridgehead atoms. The van der Waals surface area contributed by atoms with Crippen LogP contribution in [0.15, 0.2) is 18.2 Å². The molecule has 96 valence electrons. The summed E-state index contributed by atoms with van der Waals surface area (Å²) in [7, 11) is 0. The maximum absolute atomic E-state index is 5.71. The Balaban J connectivity index is 2.78. The highest BCUT2D eigenvalue weighted by atomic mass is 16.5. The van der Waals surface area contributed by atoms with Gasteiger partial charge in [0.1, 0.15) is 0 Å². The van der Waals surface area contributed by atoms with Crippen LogP contribution in [0.2, 0.25) is 0 Å². The molecule has 0 aliphatic carbocycles. The number of hydrogen-bond donors (Lipinski definition) is 1. The van der Waals surface area contributed by atoms with Gasteiger partial charge in [-0.1, -0.05) is 13.8 Å². The average molecular weight is 237 g/mol. The maximum Gasteiger partial charge on any atom is 0.163 e. The standard InChI is InChI=1S/C14H23NO2/c1-4-9-16-13-8-7-12(15-6-3)11-14(13)17-10-5-2/h7-8,11,15H,4-6,9-10H2,1-3H3. The van der Waals surface area contributed by atoms with Gasteiger partial charge in [-0.2, -0.15) is 0 Å². The van der Waals surface area contributed by atoms with E-state index < -0.39 is 0 Å². The summed E-state index contributed by atoms with van der Waals surface area (Å²) >= 11 is 0. The van der Waals surface area contributed by atoms with Gasteiger partial charge in [0, 0.05) is 18.3 Å². The SMILES string of the molecule is CCCOc1ccc(NCC)cc1OCCC. The Morgan fingerprint density at radius 2 is 1.59 bits per heavy atom. The Hall–Kier alpha value is -1.38. The summed E-state index contributed by atoms with van der Waals surface area (Å²) in [6.45, 7) is 8.62. The summed E-state index contributed by atoms with van der Waals surface area (Å²) in [5.41, 5.74) is 1.07. The first kappa shape index (κ1) is 13.7. The molecule has 0 saturated heterocycles. The van der Waals surface area contributed by atoms with Crippen LogP contribution in [0.3, 0.4) is 0 Å². The van der Waals surface area contributed by atoms with Crippen LogP contribution >= 0.6 is 0 Å². The van der Waals surface area contributed by atoms with Crippen molar-refractivity contribution in [1.29, 1.82) is 0 Å². The summed E-state index contributed by atoms with van der Waals surface area (Å²) in [4.78, 5) is 0. The summed E-state index contributed by atoms with van der Waals surface area (Å²) in [6, 6.07) is 6.00. The lowest BCUT2D eigenvalue weighted by Gasteiger charge is -2.13. The van der Waals surface area contributed by atoms with Crippen LogP contribution in [0.25, 0.3) is 0 Å². The fourth-order valence-corrected chi connectivity index (χ4v) is 1.48. The van der Waals surface area contributed by atoms with Gasteiger partial charge in [-0.25, -0.2) is 0 Å². The molecule has 3 heteroatoms. The lowest BCUT2D eigenvalue weighted by atomic mass is 10.2. The quantitative estimate of drug-likeness (QED) is 0.748. The molecule has 1 aromatic rings. The topological polar surface area (TPSA) is 30.5 Å². The van der Waals surface area contributed by atoms with E-state index in [2.05, 4.69) is 26.1 Å². The Morgan fingerprint density at radius 3 is 2.18 bits per heavy atom. The van der Waals surface area contributed by atoms with E-state index in [0.717, 1.165) is 49.8 Å². The number of nitrogens with one attached hydrogen (secondary N) is 1. The van der Waals surface area contributed by atoms with E-state index in [4.69, 9.17) is 9.47 Å². The summed E-state index contributed by atoms with van der Waals surface area (Å²) in [5, 5.41) is 3.27. The van der Waals surface area contributed by atoms with Crippen LogP contribution in [0, 0.1) is 0 Å². The molecule has 1 aromatic carbocycles. The predicted octanol–water partition coefficient (Wildman–Crippen LogP) is 3.70. The highest BCUT2D eigenvalue weighted by Gasteiger charge is 2.06. The van der Waals surface area contributed by atoms with Crippen molar-refractivity contribution in [3.05, 3.63) is 18.2 Å². The van der Waals surface area contributed by atoms with Crippen molar-refractivity contribution < 1.29 is 9.47 Å². The zero-order valence-electron chi connectivity index (χ0n) is 11.1. The third-order valence-electron chi connectivity index (χ3n) is 2.25. The van der Waals surface area contributed by atoms with Crippen molar-refractivity contribution in [1.82, 2.24) is 0 Å². The summed E-state index contributed by atoms with van der Waals surface area (Å²) in [5.74, 6) is 1.67. The molecule has 17 heavy (non-hydrogen) atoms. The Kier molecular flexibility index (Phi) is 6.30. The predicted molar refractivity (Wildman–Crippen MR) is 72.2 cm³/mol. The molecule has 0 atom stereocenters. The van der Waals surface area contributed by atoms with Crippen molar-refractivity contribution in [2.24, 2.45) is 0 Å². The third kappa shape index (κ3) is 4.55. The largest absolute Gasteiger partial charge is 0.490 e. The minimum absolute atomic E-state index is 0.720. The van der Waals surface area contributed by atoms with Crippen molar-refractivity contribution >= 4 is 5.69 Å². The highest BCUT2D eigenvalue weighted by Crippen LogP contribution is 2.30. The smallest absolute Gasteiger partial charge is 0.163 e. The Labute approximate surface area is 104 Å². The van der Waals surface area contributed by atoms with E-state index in [1.54, 1.807) is 0 Å². The molecule has 1 rings (SSSR count). The van der Waals surface area contributed by atoms with Gasteiger partial charge in [0.2, 0.25) is 0 Å². The lowest BCUT2D eigenvalue weighted by Crippen LogP contribution is -2.03. The summed E-state index contributed by atoms with van der Waals surface area (Å²) in [6.07, 6.45) is 2.00. The van der Waals surface area contributed by atoms with E-state index in [1.807, 2.05) is 18.2 Å². The van der Waals surface area contributed by atoms with Crippen LogP contribution in [0.4, 0.5) is 5.69 Å². The molecule has 0 fully saturated rings. The van der Waals surface area contributed by atoms with Crippen molar-refractivity contribution in [3.8, 4) is 11.5 Å². The molecule has 0 heterocycles. The number of rotatable bonds is 8.